The summed E-state index contributed by atoms with van der Waals surface area (Å²) >= 11 is 5.66. The third-order valence-corrected chi connectivity index (χ3v) is 4.92. The number of rotatable bonds is 6. The van der Waals surface area contributed by atoms with Crippen LogP contribution in [-0.2, 0) is 14.3 Å². The minimum atomic E-state index is -0.379. The number of nitrogens with zero attached hydrogens (tertiary/aromatic N) is 1. The Morgan fingerprint density at radius 3 is 2.54 bits per heavy atom. The number of benzene rings is 2. The first-order chi connectivity index (χ1) is 13.5. The number of anilines is 1. The topological polar surface area (TPSA) is 50.8 Å². The van der Waals surface area contributed by atoms with E-state index >= 15 is 0 Å². The zero-order valence-electron chi connectivity index (χ0n) is 16.3. The molecule has 5 nitrogen and oxygen atoms in total. The maximum Gasteiger partial charge on any atom is 0.338 e. The van der Waals surface area contributed by atoms with Crippen molar-refractivity contribution in [3.05, 3.63) is 77.0 Å². The zero-order chi connectivity index (χ0) is 20.1. The SMILES string of the molecule is COCCOC(=O)C1=C(C)N(c2cccc(C)c2)C(=S)N[C@@H]1c1ccccc1. The molecule has 0 spiro atoms. The van der Waals surface area contributed by atoms with Gasteiger partial charge in [0.05, 0.1) is 18.2 Å². The minimum absolute atomic E-state index is 0.197. The zero-order valence-corrected chi connectivity index (χ0v) is 17.1. The van der Waals surface area contributed by atoms with Crippen LogP contribution < -0.4 is 10.2 Å². The highest BCUT2D eigenvalue weighted by molar-refractivity contribution is 7.80. The molecule has 0 bridgehead atoms. The number of allylic oxidation sites excluding steroid dienone is 1. The highest BCUT2D eigenvalue weighted by Gasteiger charge is 2.35. The van der Waals surface area contributed by atoms with E-state index in [1.165, 1.54) is 0 Å². The number of ether oxygens (including phenoxy) is 2. The molecule has 2 aromatic carbocycles. The van der Waals surface area contributed by atoms with Gasteiger partial charge < -0.3 is 14.8 Å². The van der Waals surface area contributed by atoms with Gasteiger partial charge in [0.15, 0.2) is 5.11 Å². The highest BCUT2D eigenvalue weighted by atomic mass is 32.1. The molecule has 3 rings (SSSR count). The first-order valence-electron chi connectivity index (χ1n) is 9.12. The Labute approximate surface area is 170 Å². The Hall–Kier alpha value is -2.70. The molecule has 2 aromatic rings. The van der Waals surface area contributed by atoms with Crippen LogP contribution in [0.5, 0.6) is 0 Å². The number of nitrogens with one attached hydrogen (secondary N) is 1. The first kappa shape index (κ1) is 20.0. The smallest absolute Gasteiger partial charge is 0.338 e. The molecular formula is C22H24N2O3S. The van der Waals surface area contributed by atoms with Crippen LogP contribution in [0.1, 0.15) is 24.1 Å². The summed E-state index contributed by atoms with van der Waals surface area (Å²) in [6.07, 6.45) is 0. The minimum Gasteiger partial charge on any atom is -0.460 e. The van der Waals surface area contributed by atoms with Crippen LogP contribution in [0.4, 0.5) is 5.69 Å². The summed E-state index contributed by atoms with van der Waals surface area (Å²) in [5.74, 6) is -0.379. The quantitative estimate of drug-likeness (QED) is 0.454. The van der Waals surface area contributed by atoms with Crippen molar-refractivity contribution in [2.24, 2.45) is 0 Å². The largest absolute Gasteiger partial charge is 0.460 e. The summed E-state index contributed by atoms with van der Waals surface area (Å²) < 4.78 is 10.5. The van der Waals surface area contributed by atoms with Crippen LogP contribution in [0.2, 0.25) is 0 Å². The third kappa shape index (κ3) is 4.24. The Morgan fingerprint density at radius 2 is 1.86 bits per heavy atom. The molecule has 0 aliphatic carbocycles. The number of carbonyl (C=O) groups excluding carboxylic acids is 1. The molecule has 146 valence electrons. The lowest BCUT2D eigenvalue weighted by Gasteiger charge is -2.37. The van der Waals surface area contributed by atoms with Crippen LogP contribution in [0.15, 0.2) is 65.9 Å². The number of carbonyl (C=O) groups is 1. The lowest BCUT2D eigenvalue weighted by molar-refractivity contribution is -0.140. The van der Waals surface area contributed by atoms with Crippen LogP contribution in [-0.4, -0.2) is 31.4 Å². The van der Waals surface area contributed by atoms with Crippen molar-refractivity contribution in [3.63, 3.8) is 0 Å². The molecule has 28 heavy (non-hydrogen) atoms. The van der Waals surface area contributed by atoms with E-state index in [-0.39, 0.29) is 18.6 Å². The van der Waals surface area contributed by atoms with Crippen LogP contribution >= 0.6 is 12.2 Å². The van der Waals surface area contributed by atoms with Gasteiger partial charge >= 0.3 is 5.97 Å². The van der Waals surface area contributed by atoms with Gasteiger partial charge in [0.1, 0.15) is 6.61 Å². The molecule has 0 saturated heterocycles. The van der Waals surface area contributed by atoms with E-state index in [0.717, 1.165) is 22.5 Å². The molecule has 1 heterocycles. The summed E-state index contributed by atoms with van der Waals surface area (Å²) in [4.78, 5) is 14.9. The molecule has 0 aromatic heterocycles. The van der Waals surface area contributed by atoms with Crippen molar-refractivity contribution in [1.82, 2.24) is 5.32 Å². The average molecular weight is 397 g/mol. The van der Waals surface area contributed by atoms with Gasteiger partial charge in [0, 0.05) is 18.5 Å². The average Bonchev–Trinajstić information content (AvgIpc) is 2.68. The predicted octanol–water partition coefficient (Wildman–Crippen LogP) is 3.89. The molecule has 1 N–H and O–H groups in total. The molecule has 0 amide bonds. The lowest BCUT2D eigenvalue weighted by atomic mass is 9.95. The molecule has 0 fully saturated rings. The third-order valence-electron chi connectivity index (χ3n) is 4.62. The van der Waals surface area contributed by atoms with Gasteiger partial charge in [-0.05, 0) is 49.3 Å². The van der Waals surface area contributed by atoms with Crippen LogP contribution in [0.3, 0.4) is 0 Å². The summed E-state index contributed by atoms with van der Waals surface area (Å²) in [6, 6.07) is 17.4. The van der Waals surface area contributed by atoms with Gasteiger partial charge in [0.2, 0.25) is 0 Å². The fourth-order valence-corrected chi connectivity index (χ4v) is 3.64. The van der Waals surface area contributed by atoms with E-state index < -0.39 is 0 Å². The van der Waals surface area contributed by atoms with E-state index in [9.17, 15) is 4.79 Å². The van der Waals surface area contributed by atoms with Crippen LogP contribution in [0.25, 0.3) is 0 Å². The number of methoxy groups -OCH3 is 1. The second-order valence-corrected chi connectivity index (χ2v) is 6.98. The Kier molecular flexibility index (Phi) is 6.44. The summed E-state index contributed by atoms with van der Waals surface area (Å²) in [6.45, 7) is 4.47. The van der Waals surface area contributed by atoms with Crippen molar-refractivity contribution in [1.29, 1.82) is 0 Å². The van der Waals surface area contributed by atoms with Gasteiger partial charge in [-0.2, -0.15) is 0 Å². The molecular weight excluding hydrogens is 372 g/mol. The van der Waals surface area contributed by atoms with Crippen molar-refractivity contribution in [3.8, 4) is 0 Å². The Balaban J connectivity index is 2.06. The van der Waals surface area contributed by atoms with Crippen molar-refractivity contribution in [2.75, 3.05) is 25.2 Å². The lowest BCUT2D eigenvalue weighted by Crippen LogP contribution is -2.48. The monoisotopic (exact) mass is 396 g/mol. The Bertz CT molecular complexity index is 896. The fraction of sp³-hybridized carbons (Fsp3) is 0.273. The van der Waals surface area contributed by atoms with Crippen LogP contribution in [0, 0.1) is 6.92 Å². The van der Waals surface area contributed by atoms with Gasteiger partial charge in [-0.15, -0.1) is 0 Å². The number of aryl methyl sites for hydroxylation is 1. The Morgan fingerprint density at radius 1 is 1.11 bits per heavy atom. The van der Waals surface area contributed by atoms with E-state index in [4.69, 9.17) is 21.7 Å². The number of hydrogen-bond acceptors (Lipinski definition) is 4. The number of hydrogen-bond donors (Lipinski definition) is 1. The van der Waals surface area contributed by atoms with Gasteiger partial charge in [-0.25, -0.2) is 4.79 Å². The number of thiocarbonyl (C=S) groups is 1. The molecule has 1 aliphatic rings. The molecule has 1 atom stereocenters. The summed E-state index contributed by atoms with van der Waals surface area (Å²) in [7, 11) is 1.57. The maximum atomic E-state index is 13.0. The van der Waals surface area contributed by atoms with Crippen molar-refractivity contribution in [2.45, 2.75) is 19.9 Å². The first-order valence-corrected chi connectivity index (χ1v) is 9.53. The molecule has 6 heteroatoms. The van der Waals surface area contributed by atoms with E-state index in [2.05, 4.69) is 5.32 Å². The fourth-order valence-electron chi connectivity index (χ4n) is 3.28. The van der Waals surface area contributed by atoms with Crippen molar-refractivity contribution >= 4 is 29.0 Å². The second kappa shape index (κ2) is 8.99. The standard InChI is InChI=1S/C22H24N2O3S/c1-15-8-7-11-18(14-15)24-16(2)19(21(25)27-13-12-26-3)20(23-22(24)28)17-9-5-4-6-10-17/h4-11,14,20H,12-13H2,1-3H3,(H,23,28)/t20-/m1/s1. The molecule has 0 radical (unpaired) electrons. The second-order valence-electron chi connectivity index (χ2n) is 6.60. The maximum absolute atomic E-state index is 13.0. The van der Waals surface area contributed by atoms with E-state index in [1.54, 1.807) is 7.11 Å². The molecule has 0 unspecified atom stereocenters. The van der Waals surface area contributed by atoms with E-state index in [1.807, 2.05) is 73.3 Å². The predicted molar refractivity (Wildman–Crippen MR) is 114 cm³/mol. The normalized spacial score (nSPS) is 16.8. The number of esters is 1. The molecule has 1 aliphatic heterocycles. The summed E-state index contributed by atoms with van der Waals surface area (Å²) in [5.41, 5.74) is 4.26. The van der Waals surface area contributed by atoms with Gasteiger partial charge in [-0.1, -0.05) is 42.5 Å². The molecule has 0 saturated carbocycles. The van der Waals surface area contributed by atoms with Crippen molar-refractivity contribution < 1.29 is 14.3 Å². The van der Waals surface area contributed by atoms with Gasteiger partial charge in [0.25, 0.3) is 0 Å². The van der Waals surface area contributed by atoms with E-state index in [0.29, 0.717) is 17.3 Å². The van der Waals surface area contributed by atoms with Gasteiger partial charge in [-0.3, -0.25) is 4.90 Å². The highest BCUT2D eigenvalue weighted by Crippen LogP contribution is 2.34. The summed E-state index contributed by atoms with van der Waals surface area (Å²) in [5, 5.41) is 3.87.